The summed E-state index contributed by atoms with van der Waals surface area (Å²) in [4.78, 5) is 21.2. The van der Waals surface area contributed by atoms with E-state index in [0.29, 0.717) is 5.11 Å². The zero-order chi connectivity index (χ0) is 24.2. The molecule has 0 saturated carbocycles. The first-order valence-corrected chi connectivity index (χ1v) is 12.1. The lowest BCUT2D eigenvalue weighted by molar-refractivity contribution is 0.102. The first kappa shape index (κ1) is 24.0. The summed E-state index contributed by atoms with van der Waals surface area (Å²) in [5, 5.41) is 9.15. The normalized spacial score (nSPS) is 14.1. The molecule has 6 nitrogen and oxygen atoms in total. The van der Waals surface area contributed by atoms with Crippen LogP contribution in [0.1, 0.15) is 34.3 Å². The highest BCUT2D eigenvalue weighted by Gasteiger charge is 2.25. The number of hydrogen-bond donors (Lipinski definition) is 2. The Hall–Kier alpha value is -3.11. The molecule has 0 atom stereocenters. The number of thiocarbonyl (C=S) groups is 1. The third-order valence-electron chi connectivity index (χ3n) is 5.70. The fourth-order valence-corrected chi connectivity index (χ4v) is 5.00. The SMILES string of the molecule is CN(C)c1ccc(NC(=S)N2CCC(c3nc(C(=O)Nc4ccc(F)c(F)c4)cs3)CC2)cc1. The number of aromatic nitrogens is 1. The van der Waals surface area contributed by atoms with E-state index in [9.17, 15) is 13.6 Å². The van der Waals surface area contributed by atoms with Gasteiger partial charge in [-0.3, -0.25) is 4.79 Å². The summed E-state index contributed by atoms with van der Waals surface area (Å²) in [6.07, 6.45) is 1.75. The highest BCUT2D eigenvalue weighted by atomic mass is 32.1. The summed E-state index contributed by atoms with van der Waals surface area (Å²) in [5.74, 6) is -2.18. The second-order valence-electron chi connectivity index (χ2n) is 8.29. The van der Waals surface area contributed by atoms with Crippen molar-refractivity contribution < 1.29 is 13.6 Å². The Morgan fingerprint density at radius 2 is 1.74 bits per heavy atom. The molecule has 0 bridgehead atoms. The molecule has 1 saturated heterocycles. The molecule has 1 aliphatic rings. The van der Waals surface area contributed by atoms with Crippen molar-refractivity contribution in [3.63, 3.8) is 0 Å². The van der Waals surface area contributed by atoms with Crippen LogP contribution in [0.5, 0.6) is 0 Å². The average molecular weight is 502 g/mol. The number of thiazole rings is 1. The van der Waals surface area contributed by atoms with E-state index in [0.717, 1.165) is 54.4 Å². The van der Waals surface area contributed by atoms with Crippen LogP contribution in [0, 0.1) is 11.6 Å². The highest BCUT2D eigenvalue weighted by Crippen LogP contribution is 2.31. The molecule has 2 N–H and O–H groups in total. The molecule has 0 spiro atoms. The molecule has 0 unspecified atom stereocenters. The minimum absolute atomic E-state index is 0.184. The van der Waals surface area contributed by atoms with Crippen LogP contribution < -0.4 is 15.5 Å². The van der Waals surface area contributed by atoms with Crippen LogP contribution in [0.15, 0.2) is 47.8 Å². The Morgan fingerprint density at radius 3 is 2.38 bits per heavy atom. The molecule has 4 rings (SSSR count). The number of benzene rings is 2. The number of nitrogens with one attached hydrogen (secondary N) is 2. The highest BCUT2D eigenvalue weighted by molar-refractivity contribution is 7.80. The minimum Gasteiger partial charge on any atom is -0.378 e. The van der Waals surface area contributed by atoms with Gasteiger partial charge >= 0.3 is 0 Å². The van der Waals surface area contributed by atoms with Crippen LogP contribution >= 0.6 is 23.6 Å². The number of carbonyl (C=O) groups is 1. The zero-order valence-corrected chi connectivity index (χ0v) is 20.5. The van der Waals surface area contributed by atoms with Gasteiger partial charge in [0.1, 0.15) is 5.69 Å². The summed E-state index contributed by atoms with van der Waals surface area (Å²) < 4.78 is 26.5. The van der Waals surface area contributed by atoms with Gasteiger partial charge in [-0.05, 0) is 61.5 Å². The predicted octanol–water partition coefficient (Wildman–Crippen LogP) is 5.32. The van der Waals surface area contributed by atoms with E-state index in [2.05, 4.69) is 20.5 Å². The van der Waals surface area contributed by atoms with Gasteiger partial charge in [0.25, 0.3) is 5.91 Å². The van der Waals surface area contributed by atoms with E-state index in [1.54, 1.807) is 5.38 Å². The minimum atomic E-state index is -1.01. The maximum Gasteiger partial charge on any atom is 0.275 e. The lowest BCUT2D eigenvalue weighted by Gasteiger charge is -2.33. The Morgan fingerprint density at radius 1 is 1.06 bits per heavy atom. The fraction of sp³-hybridized carbons (Fsp3) is 0.292. The molecule has 2 heterocycles. The van der Waals surface area contributed by atoms with Crippen LogP contribution in [0.2, 0.25) is 0 Å². The van der Waals surface area contributed by atoms with Crippen molar-refractivity contribution >= 4 is 51.6 Å². The quantitative estimate of drug-likeness (QED) is 0.462. The molecule has 1 aromatic heterocycles. The molecule has 1 fully saturated rings. The lowest BCUT2D eigenvalue weighted by Crippen LogP contribution is -2.40. The van der Waals surface area contributed by atoms with E-state index in [4.69, 9.17) is 12.2 Å². The number of carbonyl (C=O) groups excluding carboxylic acids is 1. The summed E-state index contributed by atoms with van der Waals surface area (Å²) in [7, 11) is 4.00. The van der Waals surface area contributed by atoms with Crippen LogP contribution in [0.3, 0.4) is 0 Å². The van der Waals surface area contributed by atoms with Crippen LogP contribution in [0.25, 0.3) is 0 Å². The third-order valence-corrected chi connectivity index (χ3v) is 7.07. The number of likely N-dealkylation sites (tertiary alicyclic amines) is 1. The number of piperidine rings is 1. The largest absolute Gasteiger partial charge is 0.378 e. The van der Waals surface area contributed by atoms with E-state index in [1.165, 1.54) is 17.4 Å². The second-order valence-corrected chi connectivity index (χ2v) is 9.56. The maximum absolute atomic E-state index is 13.4. The molecular formula is C24H25F2N5OS2. The van der Waals surface area contributed by atoms with Gasteiger partial charge in [-0.2, -0.15) is 0 Å². The fourth-order valence-electron chi connectivity index (χ4n) is 3.72. The standard InChI is InChI=1S/C24H25F2N5OS2/c1-30(2)18-6-3-16(4-7-18)28-24(33)31-11-9-15(10-12-31)23-29-21(14-34-23)22(32)27-17-5-8-19(25)20(26)13-17/h3-8,13-15H,9-12H2,1-2H3,(H,27,32)(H,28,33). The van der Waals surface area contributed by atoms with Crippen molar-refractivity contribution in [3.05, 3.63) is 70.2 Å². The van der Waals surface area contributed by atoms with E-state index >= 15 is 0 Å². The summed E-state index contributed by atoms with van der Waals surface area (Å²) in [6.45, 7) is 1.59. The van der Waals surface area contributed by atoms with Crippen molar-refractivity contribution in [1.82, 2.24) is 9.88 Å². The maximum atomic E-state index is 13.4. The molecular weight excluding hydrogens is 476 g/mol. The number of rotatable bonds is 5. The molecule has 34 heavy (non-hydrogen) atoms. The molecule has 1 amide bonds. The summed E-state index contributed by atoms with van der Waals surface area (Å²) >= 11 is 7.04. The van der Waals surface area contributed by atoms with Gasteiger partial charge in [0.05, 0.1) is 5.01 Å². The molecule has 0 aliphatic carbocycles. The Balaban J connectivity index is 1.29. The van der Waals surface area contributed by atoms with E-state index < -0.39 is 17.5 Å². The smallest absolute Gasteiger partial charge is 0.275 e. The van der Waals surface area contributed by atoms with Crippen molar-refractivity contribution in [2.45, 2.75) is 18.8 Å². The lowest BCUT2D eigenvalue weighted by atomic mass is 9.98. The average Bonchev–Trinajstić information content (AvgIpc) is 3.32. The number of hydrogen-bond acceptors (Lipinski definition) is 5. The van der Waals surface area contributed by atoms with Gasteiger partial charge in [0.2, 0.25) is 0 Å². The number of amides is 1. The van der Waals surface area contributed by atoms with E-state index in [1.807, 2.05) is 43.3 Å². The monoisotopic (exact) mass is 501 g/mol. The first-order valence-electron chi connectivity index (χ1n) is 10.9. The van der Waals surface area contributed by atoms with Crippen molar-refractivity contribution in [1.29, 1.82) is 0 Å². The van der Waals surface area contributed by atoms with Crippen molar-refractivity contribution in [2.24, 2.45) is 0 Å². The van der Waals surface area contributed by atoms with Gasteiger partial charge in [-0.15, -0.1) is 11.3 Å². The summed E-state index contributed by atoms with van der Waals surface area (Å²) in [6, 6.07) is 11.3. The van der Waals surface area contributed by atoms with E-state index in [-0.39, 0.29) is 17.3 Å². The van der Waals surface area contributed by atoms with Crippen LogP contribution in [0.4, 0.5) is 25.8 Å². The third kappa shape index (κ3) is 5.68. The Labute approximate surface area is 206 Å². The second kappa shape index (κ2) is 10.4. The first-order chi connectivity index (χ1) is 16.3. The Bertz CT molecular complexity index is 1170. The van der Waals surface area contributed by atoms with Crippen molar-refractivity contribution in [3.8, 4) is 0 Å². The number of anilines is 3. The van der Waals surface area contributed by atoms with Gasteiger partial charge < -0.3 is 20.4 Å². The molecule has 10 heteroatoms. The van der Waals surface area contributed by atoms with Crippen LogP contribution in [-0.4, -0.2) is 48.1 Å². The zero-order valence-electron chi connectivity index (χ0n) is 18.8. The molecule has 178 valence electrons. The number of nitrogens with zero attached hydrogens (tertiary/aromatic N) is 3. The molecule has 0 radical (unpaired) electrons. The van der Waals surface area contributed by atoms with Crippen molar-refractivity contribution in [2.75, 3.05) is 42.7 Å². The summed E-state index contributed by atoms with van der Waals surface area (Å²) in [5.41, 5.74) is 2.53. The van der Waals surface area contributed by atoms with Gasteiger partial charge in [-0.1, -0.05) is 0 Å². The molecule has 1 aliphatic heterocycles. The predicted molar refractivity (Wildman–Crippen MR) is 137 cm³/mol. The number of halogens is 2. The molecule has 3 aromatic rings. The molecule has 2 aromatic carbocycles. The van der Waals surface area contributed by atoms with Gasteiger partial charge in [0.15, 0.2) is 16.7 Å². The van der Waals surface area contributed by atoms with Crippen LogP contribution in [-0.2, 0) is 0 Å². The topological polar surface area (TPSA) is 60.5 Å². The van der Waals surface area contributed by atoms with Gasteiger partial charge in [0, 0.05) is 61.6 Å². The van der Waals surface area contributed by atoms with Gasteiger partial charge in [-0.25, -0.2) is 13.8 Å². The Kier molecular flexibility index (Phi) is 7.38.